The Morgan fingerprint density at radius 1 is 1.13 bits per heavy atom. The first-order chi connectivity index (χ1) is 18.5. The molecule has 0 spiro atoms. The van der Waals surface area contributed by atoms with E-state index in [0.29, 0.717) is 22.6 Å². The van der Waals surface area contributed by atoms with E-state index in [1.54, 1.807) is 51.4 Å². The van der Waals surface area contributed by atoms with Crippen molar-refractivity contribution in [2.75, 3.05) is 24.3 Å². The fourth-order valence-corrected chi connectivity index (χ4v) is 5.52. The lowest BCUT2D eigenvalue weighted by atomic mass is 10.1. The number of halogens is 1. The molecule has 0 radical (unpaired) electrons. The zero-order valence-electron chi connectivity index (χ0n) is 23.4. The quantitative estimate of drug-likeness (QED) is 0.388. The fraction of sp³-hybridized carbons (Fsp3) is 0.345. The maximum atomic E-state index is 14.8. The minimum atomic E-state index is -1.22. The third kappa shape index (κ3) is 6.11. The number of aromatic nitrogens is 1. The standard InChI is InChI=1S/C27H29FN4O4S.C2H6/c1-16-9-12-22(21(28)13-16)29-25-23(27(35)30(3)4)24(17(2)26(34)31(25)5)32(15-33)18-7-6-8-20(14-18)37(36)19-10-11-19;1-2/h6-9,12-15,19,29H,10-11H2,1-5H3;1-2H3. The lowest BCUT2D eigenvalue weighted by molar-refractivity contribution is -0.106. The van der Waals surface area contributed by atoms with Gasteiger partial charge in [0, 0.05) is 42.5 Å². The van der Waals surface area contributed by atoms with Gasteiger partial charge in [-0.15, -0.1) is 0 Å². The van der Waals surface area contributed by atoms with Gasteiger partial charge in [-0.25, -0.2) is 4.39 Å². The number of pyridine rings is 1. The number of amides is 2. The first-order valence-corrected chi connectivity index (χ1v) is 14.0. The number of hydrogen-bond donors (Lipinski definition) is 1. The van der Waals surface area contributed by atoms with Crippen LogP contribution in [0.15, 0.2) is 52.2 Å². The Kier molecular flexibility index (Phi) is 9.45. The van der Waals surface area contributed by atoms with Crippen molar-refractivity contribution in [3.8, 4) is 0 Å². The number of nitrogens with zero attached hydrogens (tertiary/aromatic N) is 3. The molecule has 2 amide bonds. The van der Waals surface area contributed by atoms with Crippen LogP contribution in [-0.4, -0.2) is 45.3 Å². The molecule has 1 unspecified atom stereocenters. The molecule has 10 heteroatoms. The lowest BCUT2D eigenvalue weighted by Crippen LogP contribution is -2.33. The van der Waals surface area contributed by atoms with Gasteiger partial charge in [-0.1, -0.05) is 26.0 Å². The van der Waals surface area contributed by atoms with Crippen molar-refractivity contribution in [3.63, 3.8) is 0 Å². The second-order valence-electron chi connectivity index (χ2n) is 9.34. The topological polar surface area (TPSA) is 91.7 Å². The van der Waals surface area contributed by atoms with Gasteiger partial charge in [0.2, 0.25) is 6.41 Å². The highest BCUT2D eigenvalue weighted by atomic mass is 32.2. The molecule has 0 saturated heterocycles. The van der Waals surface area contributed by atoms with Crippen LogP contribution in [0.4, 0.5) is 27.3 Å². The second kappa shape index (κ2) is 12.4. The molecular formula is C29H35FN4O4S. The van der Waals surface area contributed by atoms with Crippen LogP contribution in [0, 0.1) is 19.7 Å². The summed E-state index contributed by atoms with van der Waals surface area (Å²) >= 11 is 0. The van der Waals surface area contributed by atoms with Gasteiger partial charge in [-0.05, 0) is 62.6 Å². The van der Waals surface area contributed by atoms with Gasteiger partial charge in [-0.3, -0.25) is 28.1 Å². The normalized spacial score (nSPS) is 13.1. The maximum absolute atomic E-state index is 14.8. The summed E-state index contributed by atoms with van der Waals surface area (Å²) in [6.07, 6.45) is 2.28. The van der Waals surface area contributed by atoms with Crippen molar-refractivity contribution in [1.82, 2.24) is 9.47 Å². The molecule has 8 nitrogen and oxygen atoms in total. The number of anilines is 4. The zero-order chi connectivity index (χ0) is 29.0. The summed E-state index contributed by atoms with van der Waals surface area (Å²) in [5.41, 5.74) is 0.919. The number of benzene rings is 2. The van der Waals surface area contributed by atoms with E-state index >= 15 is 0 Å². The molecule has 1 aliphatic carbocycles. The van der Waals surface area contributed by atoms with E-state index in [1.807, 2.05) is 13.8 Å². The van der Waals surface area contributed by atoms with Gasteiger partial charge in [0.05, 0.1) is 22.2 Å². The van der Waals surface area contributed by atoms with E-state index in [4.69, 9.17) is 0 Å². The van der Waals surface area contributed by atoms with Crippen molar-refractivity contribution in [2.24, 2.45) is 7.05 Å². The van der Waals surface area contributed by atoms with Crippen LogP contribution in [0.1, 0.15) is 48.2 Å². The molecule has 1 atom stereocenters. The molecule has 1 aliphatic rings. The van der Waals surface area contributed by atoms with Crippen molar-refractivity contribution >= 4 is 46.0 Å². The Labute approximate surface area is 230 Å². The van der Waals surface area contributed by atoms with Gasteiger partial charge in [-0.2, -0.15) is 0 Å². The summed E-state index contributed by atoms with van der Waals surface area (Å²) in [6, 6.07) is 11.3. The number of carbonyl (C=O) groups is 2. The van der Waals surface area contributed by atoms with Crippen molar-refractivity contribution in [1.29, 1.82) is 0 Å². The molecule has 4 rings (SSSR count). The summed E-state index contributed by atoms with van der Waals surface area (Å²) in [5.74, 6) is -1.01. The van der Waals surface area contributed by atoms with Crippen LogP contribution in [0.5, 0.6) is 0 Å². The molecule has 0 aliphatic heterocycles. The molecule has 208 valence electrons. The Balaban J connectivity index is 0.00000205. The van der Waals surface area contributed by atoms with Crippen LogP contribution in [0.25, 0.3) is 0 Å². The number of aryl methyl sites for hydroxylation is 1. The van der Waals surface area contributed by atoms with Gasteiger partial charge in [0.25, 0.3) is 11.5 Å². The summed E-state index contributed by atoms with van der Waals surface area (Å²) in [6.45, 7) is 7.28. The molecule has 1 heterocycles. The lowest BCUT2D eigenvalue weighted by Gasteiger charge is -2.27. The number of nitrogens with one attached hydrogen (secondary N) is 1. The highest BCUT2D eigenvalue weighted by Gasteiger charge is 2.31. The van der Waals surface area contributed by atoms with Gasteiger partial charge in [0.1, 0.15) is 17.2 Å². The fourth-order valence-electron chi connectivity index (χ4n) is 4.12. The van der Waals surface area contributed by atoms with Crippen LogP contribution < -0.4 is 15.8 Å². The Hall–Kier alpha value is -3.79. The molecule has 1 N–H and O–H groups in total. The molecule has 3 aromatic rings. The van der Waals surface area contributed by atoms with Gasteiger partial charge in [0.15, 0.2) is 0 Å². The summed E-state index contributed by atoms with van der Waals surface area (Å²) in [4.78, 5) is 42.5. The number of rotatable bonds is 8. The molecule has 1 fully saturated rings. The van der Waals surface area contributed by atoms with E-state index in [2.05, 4.69) is 5.32 Å². The monoisotopic (exact) mass is 554 g/mol. The van der Waals surface area contributed by atoms with E-state index in [1.165, 1.54) is 40.5 Å². The minimum absolute atomic E-state index is 0.0189. The summed E-state index contributed by atoms with van der Waals surface area (Å²) < 4.78 is 28.8. The summed E-state index contributed by atoms with van der Waals surface area (Å²) in [5, 5.41) is 3.01. The van der Waals surface area contributed by atoms with Crippen LogP contribution >= 0.6 is 0 Å². The Morgan fingerprint density at radius 2 is 1.79 bits per heavy atom. The van der Waals surface area contributed by atoms with Crippen molar-refractivity contribution in [2.45, 2.75) is 50.7 Å². The van der Waals surface area contributed by atoms with Crippen LogP contribution in [-0.2, 0) is 22.6 Å². The number of hydrogen-bond acceptors (Lipinski definition) is 5. The molecular weight excluding hydrogens is 519 g/mol. The first kappa shape index (κ1) is 29.8. The first-order valence-electron chi connectivity index (χ1n) is 12.8. The average Bonchev–Trinajstić information content (AvgIpc) is 3.77. The second-order valence-corrected chi connectivity index (χ2v) is 11.1. The highest BCUT2D eigenvalue weighted by Crippen LogP contribution is 2.37. The van der Waals surface area contributed by atoms with E-state index < -0.39 is 28.1 Å². The van der Waals surface area contributed by atoms with Crippen molar-refractivity contribution < 1.29 is 18.2 Å². The van der Waals surface area contributed by atoms with Gasteiger partial charge >= 0.3 is 0 Å². The predicted molar refractivity (Wildman–Crippen MR) is 154 cm³/mol. The van der Waals surface area contributed by atoms with E-state index in [9.17, 15) is 23.0 Å². The van der Waals surface area contributed by atoms with E-state index in [-0.39, 0.29) is 33.6 Å². The average molecular weight is 555 g/mol. The minimum Gasteiger partial charge on any atom is -0.345 e. The number of carbonyl (C=O) groups excluding carboxylic acids is 2. The molecule has 39 heavy (non-hydrogen) atoms. The largest absolute Gasteiger partial charge is 0.345 e. The highest BCUT2D eigenvalue weighted by molar-refractivity contribution is 7.86. The SMILES string of the molecule is CC.Cc1ccc(Nc2c(C(=O)N(C)C)c(N(C=O)c3cccc(S(=O)C4CC4)c3)c(C)c(=O)n2C)c(F)c1. The van der Waals surface area contributed by atoms with Crippen molar-refractivity contribution in [3.05, 3.63) is 75.3 Å². The Morgan fingerprint density at radius 3 is 2.36 bits per heavy atom. The van der Waals surface area contributed by atoms with Crippen LogP contribution in [0.3, 0.4) is 0 Å². The predicted octanol–water partition coefficient (Wildman–Crippen LogP) is 5.18. The zero-order valence-corrected chi connectivity index (χ0v) is 24.2. The van der Waals surface area contributed by atoms with Crippen LogP contribution in [0.2, 0.25) is 0 Å². The third-order valence-electron chi connectivity index (χ3n) is 6.29. The van der Waals surface area contributed by atoms with E-state index in [0.717, 1.165) is 12.8 Å². The molecule has 1 aromatic heterocycles. The third-order valence-corrected chi connectivity index (χ3v) is 8.08. The maximum Gasteiger partial charge on any atom is 0.259 e. The summed E-state index contributed by atoms with van der Waals surface area (Å²) in [7, 11) is 3.36. The smallest absolute Gasteiger partial charge is 0.259 e. The molecule has 1 saturated carbocycles. The van der Waals surface area contributed by atoms with Gasteiger partial charge < -0.3 is 10.2 Å². The molecule has 0 bridgehead atoms. The Bertz CT molecular complexity index is 1480. The molecule has 2 aromatic carbocycles.